The third kappa shape index (κ3) is 3.06. The fourth-order valence-corrected chi connectivity index (χ4v) is 2.11. The van der Waals surface area contributed by atoms with Crippen LogP contribution in [0.1, 0.15) is 21.0 Å². The molecule has 1 amide bonds. The van der Waals surface area contributed by atoms with Gasteiger partial charge in [0.2, 0.25) is 0 Å². The Morgan fingerprint density at radius 2 is 1.75 bits per heavy atom. The van der Waals surface area contributed by atoms with E-state index in [1.165, 1.54) is 25.0 Å². The summed E-state index contributed by atoms with van der Waals surface area (Å²) in [6, 6.07) is 4.90. The van der Waals surface area contributed by atoms with Gasteiger partial charge < -0.3 is 10.4 Å². The van der Waals surface area contributed by atoms with Crippen molar-refractivity contribution in [1.29, 1.82) is 0 Å². The molecule has 2 heterocycles. The number of hydrogen-bond acceptors (Lipinski definition) is 6. The van der Waals surface area contributed by atoms with Crippen LogP contribution in [0.3, 0.4) is 0 Å². The molecule has 0 aliphatic carbocycles. The Hall–Kier alpha value is -3.33. The molecule has 3 rings (SSSR count). The van der Waals surface area contributed by atoms with Gasteiger partial charge in [-0.3, -0.25) is 9.36 Å². The maximum absolute atomic E-state index is 12.3. The molecule has 0 saturated carbocycles. The summed E-state index contributed by atoms with van der Waals surface area (Å²) in [4.78, 5) is 30.9. The van der Waals surface area contributed by atoms with Crippen LogP contribution in [0.15, 0.2) is 43.2 Å². The smallest absolute Gasteiger partial charge is 0.356 e. The lowest BCUT2D eigenvalue weighted by molar-refractivity contribution is 0.0685. The Kier molecular flexibility index (Phi) is 4.17. The highest BCUT2D eigenvalue weighted by molar-refractivity contribution is 6.34. The van der Waals surface area contributed by atoms with Gasteiger partial charge in [0.25, 0.3) is 5.91 Å². The Morgan fingerprint density at radius 1 is 1.08 bits per heavy atom. The quantitative estimate of drug-likeness (QED) is 0.737. The van der Waals surface area contributed by atoms with Crippen molar-refractivity contribution < 1.29 is 14.7 Å². The molecular formula is C14H9ClN6O3. The number of aromatic carboxylic acids is 1. The molecule has 0 aliphatic rings. The zero-order valence-corrected chi connectivity index (χ0v) is 12.7. The molecule has 24 heavy (non-hydrogen) atoms. The first-order valence-electron chi connectivity index (χ1n) is 6.56. The lowest BCUT2D eigenvalue weighted by atomic mass is 10.2. The standard InChI is InChI=1S/C14H9ClN6O3/c15-9-2-1-8(21-6-18-19-7-21)5-10(9)20-13(22)11-12(14(23)24)17-4-3-16-11/h1-7H,(H,20,22)(H,23,24). The van der Waals surface area contributed by atoms with Crippen molar-refractivity contribution in [3.05, 3.63) is 59.7 Å². The van der Waals surface area contributed by atoms with E-state index in [0.29, 0.717) is 5.69 Å². The fourth-order valence-electron chi connectivity index (χ4n) is 1.95. The molecule has 0 saturated heterocycles. The van der Waals surface area contributed by atoms with Crippen molar-refractivity contribution in [2.75, 3.05) is 5.32 Å². The molecule has 2 N–H and O–H groups in total. The van der Waals surface area contributed by atoms with Gasteiger partial charge in [0.1, 0.15) is 12.7 Å². The Balaban J connectivity index is 1.93. The van der Waals surface area contributed by atoms with Gasteiger partial charge in [-0.1, -0.05) is 11.6 Å². The van der Waals surface area contributed by atoms with Crippen LogP contribution in [0.4, 0.5) is 5.69 Å². The topological polar surface area (TPSA) is 123 Å². The zero-order chi connectivity index (χ0) is 17.1. The maximum atomic E-state index is 12.3. The zero-order valence-electron chi connectivity index (χ0n) is 11.9. The number of nitrogens with one attached hydrogen (secondary N) is 1. The Labute approximate surface area is 140 Å². The van der Waals surface area contributed by atoms with E-state index in [4.69, 9.17) is 16.7 Å². The number of carbonyl (C=O) groups is 2. The number of rotatable bonds is 4. The van der Waals surface area contributed by atoms with E-state index in [9.17, 15) is 9.59 Å². The lowest BCUT2D eigenvalue weighted by Crippen LogP contribution is -2.19. The van der Waals surface area contributed by atoms with Crippen molar-refractivity contribution in [3.8, 4) is 5.69 Å². The summed E-state index contributed by atoms with van der Waals surface area (Å²) in [5, 5.41) is 19.3. The van der Waals surface area contributed by atoms with Gasteiger partial charge in [0, 0.05) is 12.4 Å². The maximum Gasteiger partial charge on any atom is 0.356 e. The number of benzene rings is 1. The van der Waals surface area contributed by atoms with E-state index in [2.05, 4.69) is 25.5 Å². The predicted molar refractivity (Wildman–Crippen MR) is 83.3 cm³/mol. The third-order valence-corrected chi connectivity index (χ3v) is 3.36. The molecule has 10 heteroatoms. The summed E-state index contributed by atoms with van der Waals surface area (Å²) in [6.45, 7) is 0. The van der Waals surface area contributed by atoms with Gasteiger partial charge in [-0.25, -0.2) is 14.8 Å². The molecule has 0 fully saturated rings. The number of aromatic nitrogens is 5. The van der Waals surface area contributed by atoms with Crippen molar-refractivity contribution in [1.82, 2.24) is 24.7 Å². The average molecular weight is 345 g/mol. The molecule has 2 aromatic heterocycles. The number of carbonyl (C=O) groups excluding carboxylic acids is 1. The van der Waals surface area contributed by atoms with E-state index in [0.717, 1.165) is 0 Å². The molecule has 0 bridgehead atoms. The van der Waals surface area contributed by atoms with Gasteiger partial charge in [-0.05, 0) is 18.2 Å². The van der Waals surface area contributed by atoms with Crippen LogP contribution in [-0.2, 0) is 0 Å². The molecule has 0 unspecified atom stereocenters. The molecule has 1 aromatic carbocycles. The number of halogens is 1. The van der Waals surface area contributed by atoms with Crippen LogP contribution in [0, 0.1) is 0 Å². The lowest BCUT2D eigenvalue weighted by Gasteiger charge is -2.10. The van der Waals surface area contributed by atoms with E-state index >= 15 is 0 Å². The molecule has 0 aliphatic heterocycles. The average Bonchev–Trinajstić information content (AvgIpc) is 3.11. The van der Waals surface area contributed by atoms with E-state index in [1.54, 1.807) is 22.8 Å². The second-order valence-electron chi connectivity index (χ2n) is 4.55. The first-order chi connectivity index (χ1) is 11.6. The van der Waals surface area contributed by atoms with Gasteiger partial charge in [-0.15, -0.1) is 10.2 Å². The molecular weight excluding hydrogens is 336 g/mol. The summed E-state index contributed by atoms with van der Waals surface area (Å²) in [5.41, 5.74) is 0.198. The first-order valence-corrected chi connectivity index (χ1v) is 6.94. The number of carboxylic acid groups (broad SMARTS) is 1. The summed E-state index contributed by atoms with van der Waals surface area (Å²) in [7, 11) is 0. The van der Waals surface area contributed by atoms with Crippen LogP contribution < -0.4 is 5.32 Å². The number of nitrogens with zero attached hydrogens (tertiary/aromatic N) is 5. The number of amides is 1. The SMILES string of the molecule is O=C(O)c1nccnc1C(=O)Nc1cc(-n2cnnc2)ccc1Cl. The Morgan fingerprint density at radius 3 is 2.42 bits per heavy atom. The summed E-state index contributed by atoms with van der Waals surface area (Å²) < 4.78 is 1.62. The molecule has 0 radical (unpaired) electrons. The van der Waals surface area contributed by atoms with E-state index in [-0.39, 0.29) is 16.4 Å². The van der Waals surface area contributed by atoms with Crippen LogP contribution >= 0.6 is 11.6 Å². The van der Waals surface area contributed by atoms with E-state index in [1.807, 2.05) is 0 Å². The minimum atomic E-state index is -1.35. The highest BCUT2D eigenvalue weighted by Crippen LogP contribution is 2.25. The minimum Gasteiger partial charge on any atom is -0.476 e. The van der Waals surface area contributed by atoms with Crippen molar-refractivity contribution >= 4 is 29.2 Å². The highest BCUT2D eigenvalue weighted by atomic mass is 35.5. The molecule has 120 valence electrons. The highest BCUT2D eigenvalue weighted by Gasteiger charge is 2.20. The summed E-state index contributed by atoms with van der Waals surface area (Å²) >= 11 is 6.08. The fraction of sp³-hybridized carbons (Fsp3) is 0. The van der Waals surface area contributed by atoms with Gasteiger partial charge in [-0.2, -0.15) is 0 Å². The van der Waals surface area contributed by atoms with Crippen LogP contribution in [0.5, 0.6) is 0 Å². The molecule has 3 aromatic rings. The van der Waals surface area contributed by atoms with Gasteiger partial charge in [0.05, 0.1) is 16.4 Å². The monoisotopic (exact) mass is 344 g/mol. The van der Waals surface area contributed by atoms with E-state index < -0.39 is 17.6 Å². The molecule has 9 nitrogen and oxygen atoms in total. The summed E-state index contributed by atoms with van der Waals surface area (Å²) in [5.74, 6) is -2.08. The second kappa shape index (κ2) is 6.42. The van der Waals surface area contributed by atoms with Gasteiger partial charge in [0.15, 0.2) is 11.4 Å². The van der Waals surface area contributed by atoms with Crippen LogP contribution in [0.25, 0.3) is 5.69 Å². The number of hydrogen-bond donors (Lipinski definition) is 2. The van der Waals surface area contributed by atoms with Gasteiger partial charge >= 0.3 is 5.97 Å². The van der Waals surface area contributed by atoms with Crippen molar-refractivity contribution in [3.63, 3.8) is 0 Å². The van der Waals surface area contributed by atoms with Crippen molar-refractivity contribution in [2.24, 2.45) is 0 Å². The summed E-state index contributed by atoms with van der Waals surface area (Å²) in [6.07, 6.45) is 5.40. The minimum absolute atomic E-state index is 0.279. The Bertz CT molecular complexity index is 913. The first kappa shape index (κ1) is 15.6. The van der Waals surface area contributed by atoms with Crippen LogP contribution in [-0.4, -0.2) is 41.7 Å². The third-order valence-electron chi connectivity index (χ3n) is 3.03. The molecule has 0 spiro atoms. The largest absolute Gasteiger partial charge is 0.476 e. The van der Waals surface area contributed by atoms with Crippen LogP contribution in [0.2, 0.25) is 5.02 Å². The molecule has 0 atom stereocenters. The number of anilines is 1. The van der Waals surface area contributed by atoms with Crippen molar-refractivity contribution in [2.45, 2.75) is 0 Å². The normalized spacial score (nSPS) is 10.4. The predicted octanol–water partition coefficient (Wildman–Crippen LogP) is 1.66. The number of carboxylic acids is 1. The second-order valence-corrected chi connectivity index (χ2v) is 4.95.